The fourth-order valence-corrected chi connectivity index (χ4v) is 0. The molecule has 0 saturated heterocycles. The number of hydrogen-bond donors (Lipinski definition) is 0. The molecule has 0 aliphatic carbocycles. The maximum Gasteiger partial charge on any atom is 3.00 e. The van der Waals surface area contributed by atoms with Crippen molar-refractivity contribution in [2.75, 3.05) is 0 Å². The zero-order valence-electron chi connectivity index (χ0n) is 4.59. The van der Waals surface area contributed by atoms with Crippen LogP contribution in [0.2, 0.25) is 0 Å². The quantitative estimate of drug-likeness (QED) is 0.440. The van der Waals surface area contributed by atoms with E-state index in [1.807, 2.05) is 0 Å². The molecule has 0 aliphatic heterocycles. The second kappa shape index (κ2) is 38.7. The molecule has 0 aliphatic rings. The van der Waals surface area contributed by atoms with Crippen molar-refractivity contribution >= 4 is 5.97 Å². The van der Waals surface area contributed by atoms with Crippen molar-refractivity contribution in [1.82, 2.24) is 0 Å². The Kier molecular flexibility index (Phi) is 239. The van der Waals surface area contributed by atoms with Gasteiger partial charge in [0, 0.05) is 5.97 Å². The standard InChI is InChI=1S/C2H4O2.4H2O.Tm/c1-2(3)4;;;;;/h1H3,(H,3,4);4*1H2;/q;;;;;+3/p-1. The molecule has 0 rings (SSSR count). The molecule has 0 atom stereocenters. The molecule has 0 fully saturated rings. The summed E-state index contributed by atoms with van der Waals surface area (Å²) in [5.41, 5.74) is 0. The predicted molar refractivity (Wildman–Crippen MR) is 25.1 cm³/mol. The average molecular weight is 300 g/mol. The Morgan fingerprint density at radius 2 is 1.11 bits per heavy atom. The summed E-state index contributed by atoms with van der Waals surface area (Å²) in [7, 11) is 0. The number of aliphatic carboxylic acids is 1. The van der Waals surface area contributed by atoms with Crippen LogP contribution in [0.1, 0.15) is 6.92 Å². The molecule has 0 bridgehead atoms. The van der Waals surface area contributed by atoms with Crippen molar-refractivity contribution < 1.29 is 68.7 Å². The normalized spacial score (nSPS) is 2.78. The molecule has 0 radical (unpaired) electrons. The van der Waals surface area contributed by atoms with Crippen LogP contribution in [0.25, 0.3) is 0 Å². The summed E-state index contributed by atoms with van der Waals surface area (Å²) >= 11 is 0. The topological polar surface area (TPSA) is 166 Å². The smallest absolute Gasteiger partial charge is 0.550 e. The SMILES string of the molecule is CC(=O)[O-].O.O.O.O.[Tm+3]. The number of rotatable bonds is 0. The zero-order chi connectivity index (χ0) is 3.58. The molecular formula is C2H11O6Tm+2. The Balaban J connectivity index is -0.00000000450. The Hall–Kier alpha value is 0.544. The molecule has 0 aromatic rings. The molecule has 0 saturated carbocycles. The minimum Gasteiger partial charge on any atom is -0.550 e. The molecule has 8 N–H and O–H groups in total. The van der Waals surface area contributed by atoms with Gasteiger partial charge in [0.15, 0.2) is 0 Å². The van der Waals surface area contributed by atoms with Crippen molar-refractivity contribution in [1.29, 1.82) is 0 Å². The first-order valence-corrected chi connectivity index (χ1v) is 0.908. The van der Waals surface area contributed by atoms with E-state index in [2.05, 4.69) is 0 Å². The van der Waals surface area contributed by atoms with Gasteiger partial charge in [0.25, 0.3) is 0 Å². The van der Waals surface area contributed by atoms with E-state index in [-0.39, 0.29) is 58.8 Å². The minimum atomic E-state index is -1.08. The largest absolute Gasteiger partial charge is 3.00 e. The van der Waals surface area contributed by atoms with Gasteiger partial charge in [0.1, 0.15) is 0 Å². The van der Waals surface area contributed by atoms with Crippen molar-refractivity contribution in [2.45, 2.75) is 6.92 Å². The summed E-state index contributed by atoms with van der Waals surface area (Å²) in [6.07, 6.45) is 0. The van der Waals surface area contributed by atoms with Crippen LogP contribution in [0.5, 0.6) is 0 Å². The van der Waals surface area contributed by atoms with Gasteiger partial charge in [0.05, 0.1) is 0 Å². The number of carbonyl (C=O) groups is 1. The van der Waals surface area contributed by atoms with E-state index in [4.69, 9.17) is 9.90 Å². The van der Waals surface area contributed by atoms with Gasteiger partial charge in [-0.2, -0.15) is 0 Å². The maximum absolute atomic E-state index is 8.89. The molecule has 0 aromatic carbocycles. The molecular weight excluding hydrogens is 289 g/mol. The predicted octanol–water partition coefficient (Wildman–Crippen LogP) is -4.54. The van der Waals surface area contributed by atoms with E-state index in [1.165, 1.54) is 0 Å². The molecule has 0 spiro atoms. The Morgan fingerprint density at radius 3 is 1.11 bits per heavy atom. The van der Waals surface area contributed by atoms with Crippen LogP contribution in [-0.2, 0) is 4.79 Å². The van der Waals surface area contributed by atoms with Crippen LogP contribution < -0.4 is 5.11 Å². The third kappa shape index (κ3) is 1240. The van der Waals surface area contributed by atoms with Gasteiger partial charge in [0.2, 0.25) is 0 Å². The van der Waals surface area contributed by atoms with E-state index in [9.17, 15) is 0 Å². The summed E-state index contributed by atoms with van der Waals surface area (Å²) < 4.78 is 0. The Morgan fingerprint density at radius 1 is 1.11 bits per heavy atom. The van der Waals surface area contributed by atoms with Crippen molar-refractivity contribution in [2.24, 2.45) is 0 Å². The minimum absolute atomic E-state index is 0. The first-order chi connectivity index (χ1) is 1.73. The van der Waals surface area contributed by atoms with Crippen LogP contribution in [0.15, 0.2) is 0 Å². The number of carboxylic acids is 1. The van der Waals surface area contributed by atoms with Crippen LogP contribution in [0.3, 0.4) is 0 Å². The van der Waals surface area contributed by atoms with Crippen molar-refractivity contribution in [3.63, 3.8) is 0 Å². The van der Waals surface area contributed by atoms with E-state index in [0.717, 1.165) is 6.92 Å². The number of carbonyl (C=O) groups excluding carboxylic acids is 1. The first-order valence-electron chi connectivity index (χ1n) is 0.908. The van der Waals surface area contributed by atoms with Crippen LogP contribution in [0, 0.1) is 36.9 Å². The summed E-state index contributed by atoms with van der Waals surface area (Å²) in [6, 6.07) is 0. The number of hydrogen-bond acceptors (Lipinski definition) is 2. The first kappa shape index (κ1) is 55.5. The van der Waals surface area contributed by atoms with E-state index < -0.39 is 5.97 Å². The van der Waals surface area contributed by atoms with E-state index in [0.29, 0.717) is 0 Å². The van der Waals surface area contributed by atoms with Crippen LogP contribution >= 0.6 is 0 Å². The average Bonchev–Trinajstić information content (AvgIpc) is 0.811. The molecule has 66 valence electrons. The van der Waals surface area contributed by atoms with Gasteiger partial charge < -0.3 is 31.8 Å². The molecule has 0 unspecified atom stereocenters. The summed E-state index contributed by atoms with van der Waals surface area (Å²) in [5, 5.41) is 8.89. The zero-order valence-corrected chi connectivity index (χ0v) is 6.37. The molecule has 9 heavy (non-hydrogen) atoms. The Labute approximate surface area is 81.3 Å². The Bertz CT molecular complexity index is 34.0. The maximum atomic E-state index is 8.89. The second-order valence-electron chi connectivity index (χ2n) is 0.492. The molecule has 7 heteroatoms. The third-order valence-electron chi connectivity index (χ3n) is 0. The third-order valence-corrected chi connectivity index (χ3v) is 0. The summed E-state index contributed by atoms with van der Waals surface area (Å²) in [5.74, 6) is -1.08. The van der Waals surface area contributed by atoms with Crippen LogP contribution in [0.4, 0.5) is 0 Å². The van der Waals surface area contributed by atoms with Gasteiger partial charge in [-0.3, -0.25) is 0 Å². The molecule has 0 heterocycles. The van der Waals surface area contributed by atoms with Gasteiger partial charge >= 0.3 is 36.9 Å². The fraction of sp³-hybridized carbons (Fsp3) is 0.500. The van der Waals surface area contributed by atoms with Crippen LogP contribution in [-0.4, -0.2) is 27.9 Å². The van der Waals surface area contributed by atoms with E-state index >= 15 is 0 Å². The van der Waals surface area contributed by atoms with Gasteiger partial charge in [-0.1, -0.05) is 0 Å². The second-order valence-corrected chi connectivity index (χ2v) is 0.492. The molecule has 0 amide bonds. The van der Waals surface area contributed by atoms with Crippen molar-refractivity contribution in [3.8, 4) is 0 Å². The monoisotopic (exact) mass is 300 g/mol. The van der Waals surface area contributed by atoms with Crippen molar-refractivity contribution in [3.05, 3.63) is 0 Å². The van der Waals surface area contributed by atoms with E-state index in [1.54, 1.807) is 0 Å². The summed E-state index contributed by atoms with van der Waals surface area (Å²) in [6.45, 7) is 0.972. The molecule has 6 nitrogen and oxygen atoms in total. The van der Waals surface area contributed by atoms with Gasteiger partial charge in [-0.05, 0) is 6.92 Å². The number of carboxylic acid groups (broad SMARTS) is 1. The van der Waals surface area contributed by atoms with Gasteiger partial charge in [-0.25, -0.2) is 0 Å². The van der Waals surface area contributed by atoms with Gasteiger partial charge in [-0.15, -0.1) is 0 Å². The molecule has 0 aromatic heterocycles. The summed E-state index contributed by atoms with van der Waals surface area (Å²) in [4.78, 5) is 8.89. The fourth-order valence-electron chi connectivity index (χ4n) is 0.